The lowest BCUT2D eigenvalue weighted by molar-refractivity contribution is -0.116. The van der Waals surface area contributed by atoms with Crippen molar-refractivity contribution in [3.8, 4) is 17.3 Å². The molecule has 31 heavy (non-hydrogen) atoms. The molecule has 9 nitrogen and oxygen atoms in total. The first kappa shape index (κ1) is 21.4. The third-order valence-electron chi connectivity index (χ3n) is 5.20. The first-order valence-corrected chi connectivity index (χ1v) is 11.1. The maximum Gasteiger partial charge on any atom is 0.243 e. The lowest BCUT2D eigenvalue weighted by Crippen LogP contribution is -2.36. The van der Waals surface area contributed by atoms with Crippen LogP contribution >= 0.6 is 11.8 Å². The highest BCUT2D eigenvalue weighted by atomic mass is 32.2. The average Bonchev–Trinajstić information content (AvgIpc) is 3.37. The number of carbonyl (C=O) groups excluding carboxylic acids is 1. The molecule has 0 aliphatic carbocycles. The van der Waals surface area contributed by atoms with Crippen LogP contribution in [0.3, 0.4) is 0 Å². The normalized spacial score (nSPS) is 13.3. The number of ether oxygens (including phenoxy) is 2. The molecule has 1 aliphatic rings. The van der Waals surface area contributed by atoms with Crippen LogP contribution in [0.1, 0.15) is 12.0 Å². The lowest BCUT2D eigenvalue weighted by atomic mass is 10.0. The van der Waals surface area contributed by atoms with Crippen molar-refractivity contribution in [2.24, 2.45) is 7.05 Å². The Morgan fingerprint density at radius 2 is 2.06 bits per heavy atom. The summed E-state index contributed by atoms with van der Waals surface area (Å²) < 4.78 is 14.3. The number of aryl methyl sites for hydroxylation is 2. The Bertz CT molecular complexity index is 1060. The second-order valence-corrected chi connectivity index (χ2v) is 8.19. The number of hydrogen-bond acceptors (Lipinski definition) is 7. The molecule has 0 saturated heterocycles. The zero-order valence-electron chi connectivity index (χ0n) is 17.9. The zero-order chi connectivity index (χ0) is 21.8. The summed E-state index contributed by atoms with van der Waals surface area (Å²) in [4.78, 5) is 14.9. The molecule has 0 saturated carbocycles. The highest BCUT2D eigenvalue weighted by Gasteiger charge is 2.24. The van der Waals surface area contributed by atoms with Crippen molar-refractivity contribution in [3.63, 3.8) is 0 Å². The molecule has 1 aromatic carbocycles. The van der Waals surface area contributed by atoms with Crippen LogP contribution in [0.15, 0.2) is 35.6 Å². The van der Waals surface area contributed by atoms with Crippen LogP contribution in [0.5, 0.6) is 5.88 Å². The zero-order valence-corrected chi connectivity index (χ0v) is 18.8. The number of aromatic nitrogens is 5. The summed E-state index contributed by atoms with van der Waals surface area (Å²) in [6.07, 6.45) is 3.83. The van der Waals surface area contributed by atoms with Crippen LogP contribution in [-0.2, 0) is 29.5 Å². The molecule has 2 aromatic heterocycles. The van der Waals surface area contributed by atoms with Gasteiger partial charge in [-0.1, -0.05) is 30.0 Å². The Kier molecular flexibility index (Phi) is 6.57. The Hall–Kier alpha value is -2.85. The van der Waals surface area contributed by atoms with Crippen molar-refractivity contribution >= 4 is 23.4 Å². The third-order valence-corrected chi connectivity index (χ3v) is 6.15. The maximum atomic E-state index is 13.0. The number of para-hydroxylation sites is 1. The number of fused-ring (bicyclic) bond motifs is 1. The Balaban J connectivity index is 1.55. The third kappa shape index (κ3) is 4.45. The van der Waals surface area contributed by atoms with Gasteiger partial charge in [0.1, 0.15) is 5.56 Å². The van der Waals surface area contributed by atoms with Crippen LogP contribution in [0, 0.1) is 0 Å². The van der Waals surface area contributed by atoms with Crippen LogP contribution in [0.25, 0.3) is 11.4 Å². The van der Waals surface area contributed by atoms with Gasteiger partial charge in [0.25, 0.3) is 0 Å². The van der Waals surface area contributed by atoms with E-state index in [9.17, 15) is 4.79 Å². The average molecular weight is 443 g/mol. The van der Waals surface area contributed by atoms with Gasteiger partial charge in [0.15, 0.2) is 11.0 Å². The van der Waals surface area contributed by atoms with Crippen molar-refractivity contribution < 1.29 is 14.3 Å². The van der Waals surface area contributed by atoms with Gasteiger partial charge in [0.2, 0.25) is 11.8 Å². The molecule has 0 atom stereocenters. The van der Waals surface area contributed by atoms with Crippen molar-refractivity contribution in [1.29, 1.82) is 0 Å². The highest BCUT2D eigenvalue weighted by molar-refractivity contribution is 7.99. The fraction of sp³-hybridized carbons (Fsp3) is 0.429. The molecule has 0 fully saturated rings. The largest absolute Gasteiger partial charge is 0.479 e. The SMILES string of the molecule is COCCn1c(SCC(=O)N2CCCc3ccccc32)nnc1-c1cn(C)nc1OC. The Labute approximate surface area is 185 Å². The van der Waals surface area contributed by atoms with Crippen molar-refractivity contribution in [3.05, 3.63) is 36.0 Å². The standard InChI is InChI=1S/C21H26N6O3S/c1-25-13-16(20(24-25)30-3)19-22-23-21(27(19)11-12-29-2)31-14-18(28)26-10-6-8-15-7-4-5-9-17(15)26/h4-5,7,9,13H,6,8,10-12,14H2,1-3H3. The van der Waals surface area contributed by atoms with Crippen LogP contribution < -0.4 is 9.64 Å². The number of rotatable bonds is 8. The van der Waals surface area contributed by atoms with Crippen LogP contribution in [0.4, 0.5) is 5.69 Å². The molecule has 10 heteroatoms. The fourth-order valence-electron chi connectivity index (χ4n) is 3.75. The second kappa shape index (κ2) is 9.52. The van der Waals surface area contributed by atoms with Gasteiger partial charge >= 0.3 is 0 Å². The number of thioether (sulfide) groups is 1. The molecule has 0 N–H and O–H groups in total. The summed E-state index contributed by atoms with van der Waals surface area (Å²) in [6.45, 7) is 1.79. The highest BCUT2D eigenvalue weighted by Crippen LogP contribution is 2.31. The minimum Gasteiger partial charge on any atom is -0.479 e. The van der Waals surface area contributed by atoms with E-state index < -0.39 is 0 Å². The number of methoxy groups -OCH3 is 2. The van der Waals surface area contributed by atoms with Gasteiger partial charge < -0.3 is 14.4 Å². The first-order valence-electron chi connectivity index (χ1n) is 10.1. The van der Waals surface area contributed by atoms with Gasteiger partial charge in [-0.15, -0.1) is 15.3 Å². The minimum atomic E-state index is 0.0685. The lowest BCUT2D eigenvalue weighted by Gasteiger charge is -2.29. The van der Waals surface area contributed by atoms with Gasteiger partial charge in [0.05, 0.1) is 26.0 Å². The number of carbonyl (C=O) groups is 1. The van der Waals surface area contributed by atoms with Gasteiger partial charge in [-0.2, -0.15) is 0 Å². The smallest absolute Gasteiger partial charge is 0.243 e. The van der Waals surface area contributed by atoms with E-state index in [1.165, 1.54) is 17.3 Å². The minimum absolute atomic E-state index is 0.0685. The summed E-state index contributed by atoms with van der Waals surface area (Å²) in [7, 11) is 5.05. The van der Waals surface area contributed by atoms with E-state index in [4.69, 9.17) is 9.47 Å². The summed E-state index contributed by atoms with van der Waals surface area (Å²) in [6, 6.07) is 8.11. The molecule has 0 unspecified atom stereocenters. The topological polar surface area (TPSA) is 87.3 Å². The fourth-order valence-corrected chi connectivity index (χ4v) is 4.59. The van der Waals surface area contributed by atoms with Gasteiger partial charge in [0, 0.05) is 32.6 Å². The molecule has 0 bridgehead atoms. The van der Waals surface area contributed by atoms with Crippen LogP contribution in [0.2, 0.25) is 0 Å². The van der Waals surface area contributed by atoms with E-state index in [-0.39, 0.29) is 11.7 Å². The van der Waals surface area contributed by atoms with E-state index in [1.54, 1.807) is 18.9 Å². The number of anilines is 1. The van der Waals surface area contributed by atoms with E-state index in [0.29, 0.717) is 30.0 Å². The number of amides is 1. The van der Waals surface area contributed by atoms with E-state index in [1.807, 2.05) is 40.9 Å². The summed E-state index contributed by atoms with van der Waals surface area (Å²) in [5.41, 5.74) is 2.99. The van der Waals surface area contributed by atoms with Crippen molar-refractivity contribution in [2.75, 3.05) is 38.0 Å². The van der Waals surface area contributed by atoms with Gasteiger partial charge in [-0.3, -0.25) is 14.0 Å². The monoisotopic (exact) mass is 442 g/mol. The molecule has 164 valence electrons. The predicted octanol–water partition coefficient (Wildman–Crippen LogP) is 2.41. The van der Waals surface area contributed by atoms with Crippen LogP contribution in [-0.4, -0.2) is 63.6 Å². The first-order chi connectivity index (χ1) is 15.1. The molecule has 3 heterocycles. The Morgan fingerprint density at radius 3 is 2.87 bits per heavy atom. The summed E-state index contributed by atoms with van der Waals surface area (Å²) in [5.74, 6) is 1.47. The number of benzene rings is 1. The number of hydrogen-bond donors (Lipinski definition) is 0. The molecule has 4 rings (SSSR count). The molecular weight excluding hydrogens is 416 g/mol. The molecule has 1 amide bonds. The quantitative estimate of drug-likeness (QED) is 0.495. The molecular formula is C21H26N6O3S. The van der Waals surface area contributed by atoms with Gasteiger partial charge in [-0.25, -0.2) is 0 Å². The molecule has 0 radical (unpaired) electrons. The second-order valence-electron chi connectivity index (χ2n) is 7.24. The van der Waals surface area contributed by atoms with E-state index in [0.717, 1.165) is 30.6 Å². The van der Waals surface area contributed by atoms with Crippen molar-refractivity contribution in [2.45, 2.75) is 24.5 Å². The number of nitrogens with zero attached hydrogens (tertiary/aromatic N) is 6. The van der Waals surface area contributed by atoms with Crippen molar-refractivity contribution in [1.82, 2.24) is 24.5 Å². The van der Waals surface area contributed by atoms with E-state index in [2.05, 4.69) is 21.4 Å². The molecule has 1 aliphatic heterocycles. The molecule has 3 aromatic rings. The summed E-state index contributed by atoms with van der Waals surface area (Å²) in [5, 5.41) is 13.7. The van der Waals surface area contributed by atoms with Gasteiger partial charge in [-0.05, 0) is 24.5 Å². The van der Waals surface area contributed by atoms with E-state index >= 15 is 0 Å². The Morgan fingerprint density at radius 1 is 1.23 bits per heavy atom. The summed E-state index contributed by atoms with van der Waals surface area (Å²) >= 11 is 1.38. The predicted molar refractivity (Wildman–Crippen MR) is 118 cm³/mol. The molecule has 0 spiro atoms. The maximum absolute atomic E-state index is 13.0.